The summed E-state index contributed by atoms with van der Waals surface area (Å²) in [6.07, 6.45) is 0. The summed E-state index contributed by atoms with van der Waals surface area (Å²) in [7, 11) is -1.12. The number of likely N-dealkylation sites (N-methyl/N-ethyl adjacent to an activating group) is 1. The van der Waals surface area contributed by atoms with E-state index in [2.05, 4.69) is 16.8 Å². The van der Waals surface area contributed by atoms with Gasteiger partial charge in [-0.15, -0.1) is 0 Å². The van der Waals surface area contributed by atoms with Crippen LogP contribution in [0.1, 0.15) is 0 Å². The van der Waals surface area contributed by atoms with Crippen molar-refractivity contribution in [3.63, 3.8) is 0 Å². The highest BCUT2D eigenvalue weighted by Crippen LogP contribution is 2.14. The molecule has 0 amide bonds. The zero-order valence-corrected chi connectivity index (χ0v) is 12.1. The lowest BCUT2D eigenvalue weighted by Crippen LogP contribution is -2.45. The van der Waals surface area contributed by atoms with Gasteiger partial charge in [0.05, 0.1) is 10.6 Å². The van der Waals surface area contributed by atoms with Gasteiger partial charge in [-0.1, -0.05) is 0 Å². The van der Waals surface area contributed by atoms with Gasteiger partial charge in [0, 0.05) is 38.4 Å². The third kappa shape index (κ3) is 3.92. The van der Waals surface area contributed by atoms with E-state index < -0.39 is 9.84 Å². The van der Waals surface area contributed by atoms with Crippen molar-refractivity contribution >= 4 is 15.5 Å². The van der Waals surface area contributed by atoms with Gasteiger partial charge in [-0.25, -0.2) is 8.42 Å². The molecular weight excluding hydrogens is 262 g/mol. The molecule has 0 aliphatic carbocycles. The Morgan fingerprint density at radius 2 is 1.68 bits per heavy atom. The lowest BCUT2D eigenvalue weighted by Gasteiger charge is -2.32. The van der Waals surface area contributed by atoms with Gasteiger partial charge in [0.25, 0.3) is 0 Å². The summed E-state index contributed by atoms with van der Waals surface area (Å²) in [6, 6.07) is 6.41. The Labute approximate surface area is 114 Å². The SMILES string of the molecule is CN1CCN(CCS(=O)(=O)c2ccc(N)cc2)CC1. The molecule has 1 aliphatic rings. The zero-order chi connectivity index (χ0) is 13.9. The van der Waals surface area contributed by atoms with Crippen molar-refractivity contribution in [3.8, 4) is 0 Å². The molecule has 1 fully saturated rings. The topological polar surface area (TPSA) is 66.6 Å². The van der Waals surface area contributed by atoms with Crippen molar-refractivity contribution in [2.75, 3.05) is 51.3 Å². The molecule has 1 aromatic carbocycles. The van der Waals surface area contributed by atoms with Gasteiger partial charge in [-0.2, -0.15) is 0 Å². The molecule has 0 spiro atoms. The number of rotatable bonds is 4. The average Bonchev–Trinajstić information content (AvgIpc) is 2.39. The van der Waals surface area contributed by atoms with Crippen molar-refractivity contribution in [3.05, 3.63) is 24.3 Å². The van der Waals surface area contributed by atoms with Gasteiger partial charge in [0.1, 0.15) is 0 Å². The van der Waals surface area contributed by atoms with Crippen molar-refractivity contribution in [1.82, 2.24) is 9.80 Å². The molecule has 1 aromatic rings. The number of sulfone groups is 1. The maximum absolute atomic E-state index is 12.2. The Morgan fingerprint density at radius 3 is 2.26 bits per heavy atom. The van der Waals surface area contributed by atoms with Gasteiger partial charge in [-0.3, -0.25) is 4.90 Å². The van der Waals surface area contributed by atoms with Crippen LogP contribution < -0.4 is 5.73 Å². The minimum Gasteiger partial charge on any atom is -0.399 e. The van der Waals surface area contributed by atoms with Crippen molar-refractivity contribution in [1.29, 1.82) is 0 Å². The molecular formula is C13H21N3O2S. The first-order valence-corrected chi connectivity index (χ1v) is 8.12. The van der Waals surface area contributed by atoms with Gasteiger partial charge in [0.2, 0.25) is 0 Å². The molecule has 0 unspecified atom stereocenters. The molecule has 19 heavy (non-hydrogen) atoms. The highest BCUT2D eigenvalue weighted by atomic mass is 32.2. The molecule has 1 saturated heterocycles. The van der Waals surface area contributed by atoms with E-state index >= 15 is 0 Å². The second-order valence-corrected chi connectivity index (χ2v) is 7.14. The number of anilines is 1. The molecule has 1 aliphatic heterocycles. The summed E-state index contributed by atoms with van der Waals surface area (Å²) >= 11 is 0. The van der Waals surface area contributed by atoms with Crippen LogP contribution in [0.5, 0.6) is 0 Å². The van der Waals surface area contributed by atoms with Gasteiger partial charge in [0.15, 0.2) is 9.84 Å². The summed E-state index contributed by atoms with van der Waals surface area (Å²) in [5.41, 5.74) is 6.15. The summed E-state index contributed by atoms with van der Waals surface area (Å²) in [5, 5.41) is 0. The summed E-state index contributed by atoms with van der Waals surface area (Å²) < 4.78 is 24.3. The molecule has 106 valence electrons. The normalized spacial score (nSPS) is 18.6. The largest absolute Gasteiger partial charge is 0.399 e. The van der Waals surface area contributed by atoms with Crippen LogP contribution in [0.3, 0.4) is 0 Å². The number of benzene rings is 1. The molecule has 0 aromatic heterocycles. The van der Waals surface area contributed by atoms with E-state index in [9.17, 15) is 8.42 Å². The van der Waals surface area contributed by atoms with E-state index in [0.717, 1.165) is 26.2 Å². The van der Waals surface area contributed by atoms with Crippen molar-refractivity contribution in [2.24, 2.45) is 0 Å². The molecule has 0 atom stereocenters. The summed E-state index contributed by atoms with van der Waals surface area (Å²) in [5.74, 6) is 0.167. The van der Waals surface area contributed by atoms with Gasteiger partial charge >= 0.3 is 0 Å². The van der Waals surface area contributed by atoms with E-state index in [4.69, 9.17) is 5.73 Å². The average molecular weight is 283 g/mol. The Balaban J connectivity index is 1.92. The van der Waals surface area contributed by atoms with Crippen LogP contribution in [0.25, 0.3) is 0 Å². The predicted molar refractivity (Wildman–Crippen MR) is 76.8 cm³/mol. The van der Waals surface area contributed by atoms with Crippen LogP contribution in [-0.2, 0) is 9.84 Å². The second kappa shape index (κ2) is 5.90. The van der Waals surface area contributed by atoms with Crippen molar-refractivity contribution in [2.45, 2.75) is 4.90 Å². The number of hydrogen-bond acceptors (Lipinski definition) is 5. The fraction of sp³-hybridized carbons (Fsp3) is 0.538. The molecule has 5 nitrogen and oxygen atoms in total. The molecule has 0 radical (unpaired) electrons. The Hall–Kier alpha value is -1.11. The van der Waals surface area contributed by atoms with E-state index in [-0.39, 0.29) is 5.75 Å². The number of nitrogens with zero attached hydrogens (tertiary/aromatic N) is 2. The number of piperazine rings is 1. The lowest BCUT2D eigenvalue weighted by atomic mass is 10.3. The van der Waals surface area contributed by atoms with Crippen molar-refractivity contribution < 1.29 is 8.42 Å². The van der Waals surface area contributed by atoms with Crippen LogP contribution in [0, 0.1) is 0 Å². The molecule has 2 N–H and O–H groups in total. The first-order chi connectivity index (χ1) is 8.97. The predicted octanol–water partition coefficient (Wildman–Crippen LogP) is 0.290. The molecule has 6 heteroatoms. The highest BCUT2D eigenvalue weighted by Gasteiger charge is 2.18. The van der Waals surface area contributed by atoms with Crippen LogP contribution in [0.15, 0.2) is 29.2 Å². The zero-order valence-electron chi connectivity index (χ0n) is 11.2. The van der Waals surface area contributed by atoms with E-state index in [1.165, 1.54) is 0 Å². The molecule has 2 rings (SSSR count). The number of hydrogen-bond donors (Lipinski definition) is 1. The first kappa shape index (κ1) is 14.3. The van der Waals surface area contributed by atoms with E-state index in [1.807, 2.05) is 0 Å². The monoisotopic (exact) mass is 283 g/mol. The quantitative estimate of drug-likeness (QED) is 0.805. The maximum atomic E-state index is 12.2. The van der Waals surface area contributed by atoms with Crippen LogP contribution in [0.2, 0.25) is 0 Å². The number of nitrogens with two attached hydrogens (primary N) is 1. The molecule has 0 bridgehead atoms. The van der Waals surface area contributed by atoms with Gasteiger partial charge < -0.3 is 10.6 Å². The van der Waals surface area contributed by atoms with Crippen LogP contribution in [-0.4, -0.2) is 63.7 Å². The fourth-order valence-electron chi connectivity index (χ4n) is 2.11. The third-order valence-electron chi connectivity index (χ3n) is 3.51. The summed E-state index contributed by atoms with van der Waals surface area (Å²) in [6.45, 7) is 4.48. The van der Waals surface area contributed by atoms with Crippen LogP contribution >= 0.6 is 0 Å². The third-order valence-corrected chi connectivity index (χ3v) is 5.22. The maximum Gasteiger partial charge on any atom is 0.179 e. The van der Waals surface area contributed by atoms with Gasteiger partial charge in [-0.05, 0) is 31.3 Å². The van der Waals surface area contributed by atoms with Crippen LogP contribution in [0.4, 0.5) is 5.69 Å². The smallest absolute Gasteiger partial charge is 0.179 e. The fourth-order valence-corrected chi connectivity index (χ4v) is 3.40. The minimum absolute atomic E-state index is 0.167. The lowest BCUT2D eigenvalue weighted by molar-refractivity contribution is 0.161. The summed E-state index contributed by atoms with van der Waals surface area (Å²) in [4.78, 5) is 4.82. The van der Waals surface area contributed by atoms with E-state index in [0.29, 0.717) is 17.1 Å². The Kier molecular flexibility index (Phi) is 4.44. The second-order valence-electron chi connectivity index (χ2n) is 5.03. The highest BCUT2D eigenvalue weighted by molar-refractivity contribution is 7.91. The Morgan fingerprint density at radius 1 is 1.11 bits per heavy atom. The molecule has 1 heterocycles. The first-order valence-electron chi connectivity index (χ1n) is 6.46. The van der Waals surface area contributed by atoms with E-state index in [1.54, 1.807) is 24.3 Å². The minimum atomic E-state index is -3.20. The standard InChI is InChI=1S/C13H21N3O2S/c1-15-6-8-16(9-7-15)10-11-19(17,18)13-4-2-12(14)3-5-13/h2-5H,6-11,14H2,1H3. The number of nitrogen functional groups attached to an aromatic ring is 1. The molecule has 0 saturated carbocycles. The Bertz CT molecular complexity index is 505.